The molecule has 5 rings (SSSR count). The van der Waals surface area contributed by atoms with Gasteiger partial charge in [-0.15, -0.1) is 10.2 Å². The normalized spacial score (nSPS) is 18.9. The van der Waals surface area contributed by atoms with Gasteiger partial charge in [-0.1, -0.05) is 5.16 Å². The number of aromatic nitrogens is 5. The fourth-order valence-corrected chi connectivity index (χ4v) is 4.11. The second-order valence-corrected chi connectivity index (χ2v) is 7.28. The van der Waals surface area contributed by atoms with Gasteiger partial charge in [0.15, 0.2) is 17.2 Å². The van der Waals surface area contributed by atoms with Crippen molar-refractivity contribution in [2.75, 3.05) is 13.1 Å². The standard InChI is InChI=1S/C18H22N6O/c1-12-9-15(25-22-12)11-23-7-5-13(6-8-23)18-20-19-17-10-14-3-2-4-16(14)21-24(17)18/h9-10,13H,2-8,11H2,1H3. The van der Waals surface area contributed by atoms with E-state index in [0.717, 1.165) is 68.2 Å². The first-order chi connectivity index (χ1) is 12.3. The van der Waals surface area contributed by atoms with Crippen molar-refractivity contribution < 1.29 is 4.52 Å². The van der Waals surface area contributed by atoms with Crippen LogP contribution in [0.4, 0.5) is 0 Å². The smallest absolute Gasteiger partial charge is 0.178 e. The van der Waals surface area contributed by atoms with E-state index >= 15 is 0 Å². The van der Waals surface area contributed by atoms with Crippen LogP contribution in [0.15, 0.2) is 16.7 Å². The highest BCUT2D eigenvalue weighted by Crippen LogP contribution is 2.29. The molecule has 0 atom stereocenters. The zero-order chi connectivity index (χ0) is 16.8. The van der Waals surface area contributed by atoms with Crippen molar-refractivity contribution in [2.45, 2.75) is 51.5 Å². The lowest BCUT2D eigenvalue weighted by atomic mass is 9.96. The average molecular weight is 338 g/mol. The Morgan fingerprint density at radius 1 is 1.16 bits per heavy atom. The Balaban J connectivity index is 1.31. The summed E-state index contributed by atoms with van der Waals surface area (Å²) in [4.78, 5) is 2.42. The summed E-state index contributed by atoms with van der Waals surface area (Å²) in [5.41, 5.74) is 4.42. The van der Waals surface area contributed by atoms with E-state index in [1.165, 1.54) is 17.7 Å². The predicted molar refractivity (Wildman–Crippen MR) is 91.3 cm³/mol. The highest BCUT2D eigenvalue weighted by Gasteiger charge is 2.26. The van der Waals surface area contributed by atoms with Crippen LogP contribution in [0.5, 0.6) is 0 Å². The van der Waals surface area contributed by atoms with Crippen molar-refractivity contribution in [3.63, 3.8) is 0 Å². The largest absolute Gasteiger partial charge is 0.360 e. The summed E-state index contributed by atoms with van der Waals surface area (Å²) in [5.74, 6) is 2.40. The molecule has 3 aromatic heterocycles. The second-order valence-electron chi connectivity index (χ2n) is 7.28. The molecule has 7 nitrogen and oxygen atoms in total. The van der Waals surface area contributed by atoms with Crippen LogP contribution < -0.4 is 0 Å². The number of fused-ring (bicyclic) bond motifs is 2. The molecule has 3 aromatic rings. The first kappa shape index (κ1) is 15.0. The molecule has 0 bridgehead atoms. The molecule has 7 heteroatoms. The summed E-state index contributed by atoms with van der Waals surface area (Å²) in [5, 5.41) is 17.7. The number of hydrogen-bond donors (Lipinski definition) is 0. The minimum Gasteiger partial charge on any atom is -0.360 e. The van der Waals surface area contributed by atoms with Crippen molar-refractivity contribution in [2.24, 2.45) is 0 Å². The summed E-state index contributed by atoms with van der Waals surface area (Å²) >= 11 is 0. The Morgan fingerprint density at radius 3 is 2.84 bits per heavy atom. The summed E-state index contributed by atoms with van der Waals surface area (Å²) in [6.45, 7) is 4.85. The summed E-state index contributed by atoms with van der Waals surface area (Å²) in [6, 6.07) is 4.19. The zero-order valence-corrected chi connectivity index (χ0v) is 14.5. The van der Waals surface area contributed by atoms with Crippen LogP contribution in [0.1, 0.15) is 53.7 Å². The van der Waals surface area contributed by atoms with Crippen molar-refractivity contribution in [3.8, 4) is 0 Å². The third kappa shape index (κ3) is 2.72. The predicted octanol–water partition coefficient (Wildman–Crippen LogP) is 2.29. The topological polar surface area (TPSA) is 72.4 Å². The summed E-state index contributed by atoms with van der Waals surface area (Å²) < 4.78 is 7.33. The number of nitrogens with zero attached hydrogens (tertiary/aromatic N) is 6. The van der Waals surface area contributed by atoms with E-state index in [1.54, 1.807) is 0 Å². The Labute approximate surface area is 146 Å². The van der Waals surface area contributed by atoms with E-state index < -0.39 is 0 Å². The van der Waals surface area contributed by atoms with Crippen LogP contribution in [0.3, 0.4) is 0 Å². The van der Waals surface area contributed by atoms with Gasteiger partial charge in [0.2, 0.25) is 0 Å². The monoisotopic (exact) mass is 338 g/mol. The Morgan fingerprint density at radius 2 is 2.04 bits per heavy atom. The number of piperidine rings is 1. The fraction of sp³-hybridized carbons (Fsp3) is 0.556. The van der Waals surface area contributed by atoms with E-state index in [1.807, 2.05) is 17.5 Å². The fourth-order valence-electron chi connectivity index (χ4n) is 4.11. The van der Waals surface area contributed by atoms with Gasteiger partial charge in [-0.25, -0.2) is 0 Å². The maximum absolute atomic E-state index is 5.34. The number of hydrogen-bond acceptors (Lipinski definition) is 6. The minimum atomic E-state index is 0.426. The Kier molecular flexibility index (Phi) is 3.55. The molecule has 1 saturated heterocycles. The van der Waals surface area contributed by atoms with Crippen LogP contribution in [0, 0.1) is 6.92 Å². The molecule has 2 aliphatic rings. The highest BCUT2D eigenvalue weighted by molar-refractivity contribution is 5.43. The third-order valence-corrected chi connectivity index (χ3v) is 5.45. The molecule has 0 saturated carbocycles. The third-order valence-electron chi connectivity index (χ3n) is 5.45. The van der Waals surface area contributed by atoms with E-state index in [4.69, 9.17) is 9.62 Å². The first-order valence-corrected chi connectivity index (χ1v) is 9.15. The molecule has 130 valence electrons. The molecule has 25 heavy (non-hydrogen) atoms. The van der Waals surface area contributed by atoms with Gasteiger partial charge in [0.05, 0.1) is 17.9 Å². The van der Waals surface area contributed by atoms with E-state index in [0.29, 0.717) is 5.92 Å². The van der Waals surface area contributed by atoms with Crippen LogP contribution in [-0.4, -0.2) is 43.0 Å². The van der Waals surface area contributed by atoms with Gasteiger partial charge in [0.1, 0.15) is 0 Å². The minimum absolute atomic E-state index is 0.426. The second kappa shape index (κ2) is 5.91. The van der Waals surface area contributed by atoms with Gasteiger partial charge >= 0.3 is 0 Å². The van der Waals surface area contributed by atoms with Crippen LogP contribution in [0.2, 0.25) is 0 Å². The highest BCUT2D eigenvalue weighted by atomic mass is 16.5. The van der Waals surface area contributed by atoms with Crippen LogP contribution in [-0.2, 0) is 19.4 Å². The van der Waals surface area contributed by atoms with Gasteiger partial charge in [0.25, 0.3) is 0 Å². The quantitative estimate of drug-likeness (QED) is 0.729. The Bertz CT molecular complexity index is 906. The molecule has 0 N–H and O–H groups in total. The van der Waals surface area contributed by atoms with Crippen molar-refractivity contribution in [1.29, 1.82) is 0 Å². The molecular formula is C18H22N6O. The first-order valence-electron chi connectivity index (χ1n) is 9.15. The average Bonchev–Trinajstić information content (AvgIpc) is 3.33. The molecule has 0 spiro atoms. The summed E-state index contributed by atoms with van der Waals surface area (Å²) in [6.07, 6.45) is 5.57. The SMILES string of the molecule is Cc1cc(CN2CCC(c3nnc4cc5c(nn34)CCC5)CC2)on1. The zero-order valence-electron chi connectivity index (χ0n) is 14.5. The molecule has 1 fully saturated rings. The number of aryl methyl sites for hydroxylation is 3. The Hall–Kier alpha value is -2.28. The van der Waals surface area contributed by atoms with Gasteiger partial charge < -0.3 is 4.52 Å². The maximum atomic E-state index is 5.34. The molecule has 4 heterocycles. The van der Waals surface area contributed by atoms with Crippen molar-refractivity contribution in [3.05, 3.63) is 40.7 Å². The lowest BCUT2D eigenvalue weighted by Crippen LogP contribution is -2.33. The lowest BCUT2D eigenvalue weighted by Gasteiger charge is -2.30. The van der Waals surface area contributed by atoms with Gasteiger partial charge in [-0.2, -0.15) is 9.61 Å². The van der Waals surface area contributed by atoms with E-state index in [-0.39, 0.29) is 0 Å². The van der Waals surface area contributed by atoms with Gasteiger partial charge in [0, 0.05) is 12.0 Å². The van der Waals surface area contributed by atoms with Crippen molar-refractivity contribution in [1.82, 2.24) is 29.9 Å². The van der Waals surface area contributed by atoms with Gasteiger partial charge in [-0.05, 0) is 63.7 Å². The van der Waals surface area contributed by atoms with Crippen molar-refractivity contribution >= 4 is 5.65 Å². The molecule has 0 radical (unpaired) electrons. The van der Waals surface area contributed by atoms with Gasteiger partial charge in [-0.3, -0.25) is 4.90 Å². The molecule has 0 aromatic carbocycles. The molecule has 0 unspecified atom stereocenters. The maximum Gasteiger partial charge on any atom is 0.178 e. The number of likely N-dealkylation sites (tertiary alicyclic amines) is 1. The number of rotatable bonds is 3. The van der Waals surface area contributed by atoms with Crippen LogP contribution >= 0.6 is 0 Å². The summed E-state index contributed by atoms with van der Waals surface area (Å²) in [7, 11) is 0. The molecular weight excluding hydrogens is 316 g/mol. The lowest BCUT2D eigenvalue weighted by molar-refractivity contribution is 0.181. The van der Waals surface area contributed by atoms with E-state index in [9.17, 15) is 0 Å². The molecule has 1 aliphatic carbocycles. The molecule has 0 amide bonds. The molecule has 1 aliphatic heterocycles. The van der Waals surface area contributed by atoms with E-state index in [2.05, 4.69) is 26.3 Å². The van der Waals surface area contributed by atoms with Crippen LogP contribution in [0.25, 0.3) is 5.65 Å².